The van der Waals surface area contributed by atoms with Gasteiger partial charge in [0.05, 0.1) is 5.54 Å². The summed E-state index contributed by atoms with van der Waals surface area (Å²) in [5.74, 6) is -0.797. The van der Waals surface area contributed by atoms with E-state index in [1.54, 1.807) is 0 Å². The minimum atomic E-state index is -0.415. The molecule has 0 saturated heterocycles. The standard InChI is InChI=1S/C21H24F2N2/c1-25(2)12-6-11-21(17-7-4-3-5-8-17)14-16(15-24-21)19-13-18(22)9-10-20(19)23/h3-5,7-10,13-14,24H,6,11-12,15H2,1-2H3. The van der Waals surface area contributed by atoms with Crippen LogP contribution in [0.15, 0.2) is 54.6 Å². The molecule has 0 aliphatic carbocycles. The molecule has 1 aliphatic heterocycles. The highest BCUT2D eigenvalue weighted by Gasteiger charge is 2.34. The van der Waals surface area contributed by atoms with Gasteiger partial charge in [0.25, 0.3) is 0 Å². The third-order valence-corrected chi connectivity index (χ3v) is 4.75. The first-order valence-electron chi connectivity index (χ1n) is 8.63. The largest absolute Gasteiger partial charge is 0.309 e. The zero-order chi connectivity index (χ0) is 17.9. The Morgan fingerprint density at radius 3 is 2.56 bits per heavy atom. The maximum Gasteiger partial charge on any atom is 0.130 e. The molecule has 1 aliphatic rings. The van der Waals surface area contributed by atoms with Gasteiger partial charge in [-0.25, -0.2) is 8.78 Å². The number of nitrogens with one attached hydrogen (secondary N) is 1. The van der Waals surface area contributed by atoms with Crippen LogP contribution in [0.1, 0.15) is 24.0 Å². The SMILES string of the molecule is CN(C)CCCC1(c2ccccc2)C=C(c2cc(F)ccc2F)CN1. The van der Waals surface area contributed by atoms with E-state index in [0.29, 0.717) is 12.1 Å². The highest BCUT2D eigenvalue weighted by Crippen LogP contribution is 2.37. The van der Waals surface area contributed by atoms with Crippen molar-refractivity contribution in [3.8, 4) is 0 Å². The molecule has 2 nitrogen and oxygen atoms in total. The summed E-state index contributed by atoms with van der Waals surface area (Å²) in [6, 6.07) is 13.8. The number of benzene rings is 2. The Hall–Kier alpha value is -2.04. The smallest absolute Gasteiger partial charge is 0.130 e. The number of rotatable bonds is 6. The molecule has 1 heterocycles. The Morgan fingerprint density at radius 2 is 1.84 bits per heavy atom. The normalized spacial score (nSPS) is 20.1. The van der Waals surface area contributed by atoms with Crippen molar-refractivity contribution in [2.45, 2.75) is 18.4 Å². The van der Waals surface area contributed by atoms with E-state index < -0.39 is 5.82 Å². The molecule has 3 rings (SSSR count). The van der Waals surface area contributed by atoms with Crippen LogP contribution in [0.2, 0.25) is 0 Å². The molecule has 4 heteroatoms. The minimum Gasteiger partial charge on any atom is -0.309 e. The fourth-order valence-electron chi connectivity index (χ4n) is 3.47. The van der Waals surface area contributed by atoms with Gasteiger partial charge in [-0.15, -0.1) is 0 Å². The van der Waals surface area contributed by atoms with Gasteiger partial charge in [-0.05, 0) is 62.8 Å². The van der Waals surface area contributed by atoms with Crippen molar-refractivity contribution in [3.05, 3.63) is 77.4 Å². The third kappa shape index (κ3) is 3.97. The average molecular weight is 342 g/mol. The zero-order valence-corrected chi connectivity index (χ0v) is 14.7. The number of hydrogen-bond acceptors (Lipinski definition) is 2. The quantitative estimate of drug-likeness (QED) is 0.847. The summed E-state index contributed by atoms with van der Waals surface area (Å²) in [6.45, 7) is 1.50. The van der Waals surface area contributed by atoms with E-state index in [-0.39, 0.29) is 11.4 Å². The lowest BCUT2D eigenvalue weighted by Gasteiger charge is -2.29. The molecule has 25 heavy (non-hydrogen) atoms. The lowest BCUT2D eigenvalue weighted by atomic mass is 9.85. The lowest BCUT2D eigenvalue weighted by molar-refractivity contribution is 0.346. The van der Waals surface area contributed by atoms with E-state index in [4.69, 9.17) is 0 Å². The van der Waals surface area contributed by atoms with Gasteiger partial charge in [-0.3, -0.25) is 0 Å². The van der Waals surface area contributed by atoms with Gasteiger partial charge in [-0.2, -0.15) is 0 Å². The van der Waals surface area contributed by atoms with Gasteiger partial charge in [0.2, 0.25) is 0 Å². The van der Waals surface area contributed by atoms with E-state index >= 15 is 0 Å². The molecule has 1 N–H and O–H groups in total. The Bertz CT molecular complexity index is 756. The zero-order valence-electron chi connectivity index (χ0n) is 14.7. The molecule has 1 unspecified atom stereocenters. The van der Waals surface area contributed by atoms with E-state index in [1.807, 2.05) is 18.2 Å². The number of halogens is 2. The van der Waals surface area contributed by atoms with E-state index in [1.165, 1.54) is 12.1 Å². The van der Waals surface area contributed by atoms with Gasteiger partial charge in [0.1, 0.15) is 11.6 Å². The molecule has 0 fully saturated rings. The predicted octanol–water partition coefficient (Wildman–Crippen LogP) is 4.19. The second-order valence-corrected chi connectivity index (χ2v) is 6.89. The second kappa shape index (κ2) is 7.46. The highest BCUT2D eigenvalue weighted by molar-refractivity contribution is 5.72. The second-order valence-electron chi connectivity index (χ2n) is 6.89. The van der Waals surface area contributed by atoms with Crippen molar-refractivity contribution in [2.24, 2.45) is 0 Å². The van der Waals surface area contributed by atoms with Crippen LogP contribution in [-0.2, 0) is 5.54 Å². The van der Waals surface area contributed by atoms with E-state index in [9.17, 15) is 8.78 Å². The summed E-state index contributed by atoms with van der Waals surface area (Å²) >= 11 is 0. The van der Waals surface area contributed by atoms with Crippen molar-refractivity contribution in [3.63, 3.8) is 0 Å². The molecule has 2 aromatic rings. The molecule has 2 aromatic carbocycles. The van der Waals surface area contributed by atoms with Crippen LogP contribution in [-0.4, -0.2) is 32.1 Å². The summed E-state index contributed by atoms with van der Waals surface area (Å²) < 4.78 is 27.8. The lowest BCUT2D eigenvalue weighted by Crippen LogP contribution is -2.37. The molecule has 0 saturated carbocycles. The molecule has 0 bridgehead atoms. The summed E-state index contributed by atoms with van der Waals surface area (Å²) in [6.07, 6.45) is 3.98. The fraction of sp³-hybridized carbons (Fsp3) is 0.333. The summed E-state index contributed by atoms with van der Waals surface area (Å²) in [4.78, 5) is 2.16. The van der Waals surface area contributed by atoms with Crippen molar-refractivity contribution in [2.75, 3.05) is 27.2 Å². The molecule has 0 amide bonds. The van der Waals surface area contributed by atoms with Crippen LogP contribution in [0, 0.1) is 11.6 Å². The average Bonchev–Trinajstić information content (AvgIpc) is 3.03. The number of hydrogen-bond donors (Lipinski definition) is 1. The Labute approximate surface area is 148 Å². The maximum atomic E-state index is 14.2. The van der Waals surface area contributed by atoms with Crippen LogP contribution < -0.4 is 5.32 Å². The highest BCUT2D eigenvalue weighted by atomic mass is 19.1. The topological polar surface area (TPSA) is 15.3 Å². The van der Waals surface area contributed by atoms with Gasteiger partial charge >= 0.3 is 0 Å². The Balaban J connectivity index is 1.96. The fourth-order valence-corrected chi connectivity index (χ4v) is 3.47. The van der Waals surface area contributed by atoms with Crippen molar-refractivity contribution in [1.29, 1.82) is 0 Å². The first-order chi connectivity index (χ1) is 12.0. The van der Waals surface area contributed by atoms with Crippen LogP contribution in [0.4, 0.5) is 8.78 Å². The maximum absolute atomic E-state index is 14.2. The summed E-state index contributed by atoms with van der Waals surface area (Å²) in [7, 11) is 4.11. The summed E-state index contributed by atoms with van der Waals surface area (Å²) in [5, 5.41) is 3.56. The van der Waals surface area contributed by atoms with Gasteiger partial charge in [-0.1, -0.05) is 36.4 Å². The molecular weight excluding hydrogens is 318 g/mol. The molecule has 0 spiro atoms. The first-order valence-corrected chi connectivity index (χ1v) is 8.63. The molecular formula is C21H24F2N2. The van der Waals surface area contributed by atoms with Crippen LogP contribution in [0.3, 0.4) is 0 Å². The van der Waals surface area contributed by atoms with Crippen molar-refractivity contribution < 1.29 is 8.78 Å². The molecule has 132 valence electrons. The molecule has 0 aromatic heterocycles. The number of nitrogens with zero attached hydrogens (tertiary/aromatic N) is 1. The van der Waals surface area contributed by atoms with Gasteiger partial charge in [0, 0.05) is 12.1 Å². The van der Waals surface area contributed by atoms with E-state index in [0.717, 1.165) is 36.6 Å². The Kier molecular flexibility index (Phi) is 5.30. The van der Waals surface area contributed by atoms with Crippen LogP contribution in [0.5, 0.6) is 0 Å². The first kappa shape index (κ1) is 17.8. The summed E-state index contributed by atoms with van der Waals surface area (Å²) in [5.41, 5.74) is 1.97. The monoisotopic (exact) mass is 342 g/mol. The predicted molar refractivity (Wildman–Crippen MR) is 98.2 cm³/mol. The molecule has 1 atom stereocenters. The minimum absolute atomic E-state index is 0.342. The van der Waals surface area contributed by atoms with Crippen LogP contribution >= 0.6 is 0 Å². The molecule has 0 radical (unpaired) electrons. The third-order valence-electron chi connectivity index (χ3n) is 4.75. The van der Waals surface area contributed by atoms with Gasteiger partial charge in [0.15, 0.2) is 0 Å². The van der Waals surface area contributed by atoms with Crippen molar-refractivity contribution >= 4 is 5.57 Å². The van der Waals surface area contributed by atoms with E-state index in [2.05, 4.69) is 42.5 Å². The van der Waals surface area contributed by atoms with Gasteiger partial charge < -0.3 is 10.2 Å². The van der Waals surface area contributed by atoms with Crippen LogP contribution in [0.25, 0.3) is 5.57 Å². The Morgan fingerprint density at radius 1 is 1.08 bits per heavy atom. The van der Waals surface area contributed by atoms with Crippen molar-refractivity contribution in [1.82, 2.24) is 10.2 Å².